The molecule has 0 spiro atoms. The Morgan fingerprint density at radius 1 is 1.53 bits per heavy atom. The van der Waals surface area contributed by atoms with E-state index in [0.29, 0.717) is 19.8 Å². The van der Waals surface area contributed by atoms with Gasteiger partial charge in [-0.3, -0.25) is 9.78 Å². The third-order valence-corrected chi connectivity index (χ3v) is 3.05. The first-order valence-electron chi connectivity index (χ1n) is 6.25. The molecule has 1 fully saturated rings. The summed E-state index contributed by atoms with van der Waals surface area (Å²) in [7, 11) is 0. The molecule has 0 aromatic carbocycles. The molecule has 2 heterocycles. The van der Waals surface area contributed by atoms with E-state index < -0.39 is 0 Å². The fourth-order valence-corrected chi connectivity index (χ4v) is 1.89. The van der Waals surface area contributed by atoms with Crippen LogP contribution in [0.1, 0.15) is 17.8 Å². The molecule has 2 rings (SSSR count). The number of aromatic nitrogens is 1. The molecule has 0 aliphatic carbocycles. The zero-order valence-corrected chi connectivity index (χ0v) is 11.4. The number of carbonyl (C=O) groups excluding carboxylic acids is 1. The summed E-state index contributed by atoms with van der Waals surface area (Å²) in [6.45, 7) is 2.27. The third-order valence-electron chi connectivity index (χ3n) is 2.81. The lowest BCUT2D eigenvalue weighted by Crippen LogP contribution is -2.24. The van der Waals surface area contributed by atoms with Gasteiger partial charge in [0.2, 0.25) is 5.91 Å². The Labute approximate surface area is 117 Å². The highest BCUT2D eigenvalue weighted by molar-refractivity contribution is 6.27. The average molecular weight is 285 g/mol. The van der Waals surface area contributed by atoms with E-state index in [4.69, 9.17) is 21.1 Å². The molecule has 1 aromatic heterocycles. The topological polar surface area (TPSA) is 60.5 Å². The molecule has 0 radical (unpaired) electrons. The van der Waals surface area contributed by atoms with Crippen LogP contribution in [0.4, 0.5) is 0 Å². The summed E-state index contributed by atoms with van der Waals surface area (Å²) >= 11 is 5.41. The predicted molar refractivity (Wildman–Crippen MR) is 70.8 cm³/mol. The van der Waals surface area contributed by atoms with Crippen LogP contribution in [0.3, 0.4) is 0 Å². The standard InChI is InChI=1S/C13H17ClN2O3/c14-6-13(17)15-7-10-2-1-3-11(16-10)8-19-12-4-5-18-9-12/h1-3,12H,4-9H2,(H,15,17). The number of alkyl halides is 1. The van der Waals surface area contributed by atoms with E-state index in [1.807, 2.05) is 18.2 Å². The van der Waals surface area contributed by atoms with Gasteiger partial charge in [0.05, 0.1) is 37.3 Å². The van der Waals surface area contributed by atoms with Crippen LogP contribution >= 0.6 is 11.6 Å². The van der Waals surface area contributed by atoms with Crippen LogP contribution < -0.4 is 5.32 Å². The summed E-state index contributed by atoms with van der Waals surface area (Å²) in [6, 6.07) is 5.67. The fourth-order valence-electron chi connectivity index (χ4n) is 1.79. The monoisotopic (exact) mass is 284 g/mol. The molecule has 1 aliphatic heterocycles. The normalized spacial score (nSPS) is 18.5. The maximum Gasteiger partial charge on any atom is 0.235 e. The Morgan fingerprint density at radius 2 is 2.37 bits per heavy atom. The van der Waals surface area contributed by atoms with Gasteiger partial charge < -0.3 is 14.8 Å². The summed E-state index contributed by atoms with van der Waals surface area (Å²) in [4.78, 5) is 15.5. The lowest BCUT2D eigenvalue weighted by molar-refractivity contribution is -0.118. The minimum Gasteiger partial charge on any atom is -0.379 e. The molecule has 1 aromatic rings. The zero-order chi connectivity index (χ0) is 13.5. The molecule has 1 unspecified atom stereocenters. The summed E-state index contributed by atoms with van der Waals surface area (Å²) < 4.78 is 10.9. The number of nitrogens with zero attached hydrogens (tertiary/aromatic N) is 1. The van der Waals surface area contributed by atoms with Gasteiger partial charge in [-0.2, -0.15) is 0 Å². The number of halogens is 1. The van der Waals surface area contributed by atoms with E-state index in [1.54, 1.807) is 0 Å². The van der Waals surface area contributed by atoms with Crippen LogP contribution in [0.15, 0.2) is 18.2 Å². The van der Waals surface area contributed by atoms with Gasteiger partial charge in [0.15, 0.2) is 0 Å². The number of nitrogens with one attached hydrogen (secondary N) is 1. The highest BCUT2D eigenvalue weighted by atomic mass is 35.5. The summed E-state index contributed by atoms with van der Waals surface area (Å²) in [5.41, 5.74) is 1.65. The molecular weight excluding hydrogens is 268 g/mol. The van der Waals surface area contributed by atoms with Gasteiger partial charge >= 0.3 is 0 Å². The lowest BCUT2D eigenvalue weighted by atomic mass is 10.3. The van der Waals surface area contributed by atoms with Crippen molar-refractivity contribution >= 4 is 17.5 Å². The fraction of sp³-hybridized carbons (Fsp3) is 0.538. The number of ether oxygens (including phenoxy) is 2. The lowest BCUT2D eigenvalue weighted by Gasteiger charge is -2.10. The number of carbonyl (C=O) groups is 1. The van der Waals surface area contributed by atoms with Crippen molar-refractivity contribution in [1.82, 2.24) is 10.3 Å². The number of pyridine rings is 1. The number of rotatable bonds is 6. The minimum atomic E-state index is -0.201. The molecule has 0 bridgehead atoms. The first-order valence-corrected chi connectivity index (χ1v) is 6.78. The quantitative estimate of drug-likeness (QED) is 0.799. The van der Waals surface area contributed by atoms with Gasteiger partial charge in [-0.1, -0.05) is 6.07 Å². The van der Waals surface area contributed by atoms with E-state index in [-0.39, 0.29) is 17.9 Å². The van der Waals surface area contributed by atoms with Gasteiger partial charge in [0.1, 0.15) is 5.88 Å². The molecule has 1 aliphatic rings. The first kappa shape index (κ1) is 14.2. The van der Waals surface area contributed by atoms with Crippen molar-refractivity contribution in [2.45, 2.75) is 25.7 Å². The van der Waals surface area contributed by atoms with E-state index in [9.17, 15) is 4.79 Å². The van der Waals surface area contributed by atoms with Crippen molar-refractivity contribution in [2.24, 2.45) is 0 Å². The van der Waals surface area contributed by atoms with Crippen LogP contribution in [0.2, 0.25) is 0 Å². The van der Waals surface area contributed by atoms with Crippen molar-refractivity contribution in [1.29, 1.82) is 0 Å². The Hall–Kier alpha value is -1.17. The van der Waals surface area contributed by atoms with E-state index in [0.717, 1.165) is 24.4 Å². The van der Waals surface area contributed by atoms with E-state index in [1.165, 1.54) is 0 Å². The van der Waals surface area contributed by atoms with Crippen molar-refractivity contribution in [3.63, 3.8) is 0 Å². The Balaban J connectivity index is 1.82. The van der Waals surface area contributed by atoms with Crippen LogP contribution in [-0.4, -0.2) is 36.1 Å². The van der Waals surface area contributed by atoms with Gasteiger partial charge in [-0.25, -0.2) is 0 Å². The molecule has 5 nitrogen and oxygen atoms in total. The second kappa shape index (κ2) is 7.43. The molecular formula is C13H17ClN2O3. The SMILES string of the molecule is O=C(CCl)NCc1cccc(COC2CCOC2)n1. The van der Waals surface area contributed by atoms with Gasteiger partial charge in [0.25, 0.3) is 0 Å². The Kier molecular flexibility index (Phi) is 5.57. The molecule has 1 saturated heterocycles. The number of hydrogen-bond donors (Lipinski definition) is 1. The molecule has 1 N–H and O–H groups in total. The van der Waals surface area contributed by atoms with Gasteiger partial charge in [0, 0.05) is 6.61 Å². The maximum absolute atomic E-state index is 11.1. The second-order valence-corrected chi connectivity index (χ2v) is 4.59. The van der Waals surface area contributed by atoms with Crippen molar-refractivity contribution in [2.75, 3.05) is 19.1 Å². The van der Waals surface area contributed by atoms with Crippen molar-refractivity contribution < 1.29 is 14.3 Å². The molecule has 6 heteroatoms. The van der Waals surface area contributed by atoms with E-state index in [2.05, 4.69) is 10.3 Å². The minimum absolute atomic E-state index is 0.0372. The molecule has 19 heavy (non-hydrogen) atoms. The maximum atomic E-state index is 11.1. The highest BCUT2D eigenvalue weighted by Gasteiger charge is 2.16. The molecule has 1 amide bonds. The Bertz CT molecular complexity index is 422. The highest BCUT2D eigenvalue weighted by Crippen LogP contribution is 2.10. The van der Waals surface area contributed by atoms with Crippen LogP contribution in [0, 0.1) is 0 Å². The van der Waals surface area contributed by atoms with Crippen LogP contribution in [0.5, 0.6) is 0 Å². The first-order chi connectivity index (χ1) is 9.28. The van der Waals surface area contributed by atoms with Gasteiger partial charge in [-0.05, 0) is 18.6 Å². The largest absolute Gasteiger partial charge is 0.379 e. The summed E-state index contributed by atoms with van der Waals surface area (Å²) in [5.74, 6) is -0.238. The molecule has 1 atom stereocenters. The summed E-state index contributed by atoms with van der Waals surface area (Å²) in [5, 5.41) is 2.68. The van der Waals surface area contributed by atoms with Crippen molar-refractivity contribution in [3.05, 3.63) is 29.6 Å². The predicted octanol–water partition coefficient (Wildman–Crippen LogP) is 1.24. The summed E-state index contributed by atoms with van der Waals surface area (Å²) in [6.07, 6.45) is 1.10. The smallest absolute Gasteiger partial charge is 0.235 e. The molecule has 0 saturated carbocycles. The van der Waals surface area contributed by atoms with Crippen LogP contribution in [-0.2, 0) is 27.4 Å². The van der Waals surface area contributed by atoms with Crippen molar-refractivity contribution in [3.8, 4) is 0 Å². The second-order valence-electron chi connectivity index (χ2n) is 4.33. The van der Waals surface area contributed by atoms with Crippen LogP contribution in [0.25, 0.3) is 0 Å². The zero-order valence-electron chi connectivity index (χ0n) is 10.6. The molecule has 104 valence electrons. The average Bonchev–Trinajstić information content (AvgIpc) is 2.96. The van der Waals surface area contributed by atoms with Gasteiger partial charge in [-0.15, -0.1) is 11.6 Å². The number of amides is 1. The van der Waals surface area contributed by atoms with E-state index >= 15 is 0 Å². The number of hydrogen-bond acceptors (Lipinski definition) is 4. The Morgan fingerprint density at radius 3 is 3.11 bits per heavy atom. The third kappa shape index (κ3) is 4.78.